The summed E-state index contributed by atoms with van der Waals surface area (Å²) in [4.78, 5) is 0. The van der Waals surface area contributed by atoms with E-state index in [0.29, 0.717) is 0 Å². The van der Waals surface area contributed by atoms with Crippen molar-refractivity contribution in [1.29, 1.82) is 0 Å². The van der Waals surface area contributed by atoms with Gasteiger partial charge in [0.1, 0.15) is 0 Å². The van der Waals surface area contributed by atoms with Crippen LogP contribution in [0.25, 0.3) is 0 Å². The Morgan fingerprint density at radius 2 is 0.955 bits per heavy atom. The number of hydrogen-bond donors (Lipinski definition) is 0. The second-order valence-corrected chi connectivity index (χ2v) is 11.4. The van der Waals surface area contributed by atoms with Crippen LogP contribution >= 0.6 is 0 Å². The van der Waals surface area contributed by atoms with E-state index in [1.165, 1.54) is 18.1 Å². The van der Waals surface area contributed by atoms with E-state index >= 15 is 0 Å². The lowest BCUT2D eigenvalue weighted by Crippen LogP contribution is -2.34. The Morgan fingerprint density at radius 1 is 0.727 bits per heavy atom. The summed E-state index contributed by atoms with van der Waals surface area (Å²) in [6, 6.07) is 4.48. The van der Waals surface area contributed by atoms with Gasteiger partial charge >= 0.3 is 31.3 Å². The molecule has 0 aromatic carbocycles. The Kier molecular flexibility index (Phi) is 9.23. The molecule has 0 aliphatic heterocycles. The summed E-state index contributed by atoms with van der Waals surface area (Å²) in [7, 11) is -13.9. The van der Waals surface area contributed by atoms with Gasteiger partial charge in [-0.05, 0) is 0 Å². The van der Waals surface area contributed by atoms with Gasteiger partial charge in [0.25, 0.3) is 0 Å². The molecule has 0 aliphatic carbocycles. The van der Waals surface area contributed by atoms with Crippen molar-refractivity contribution in [3.05, 3.63) is 0 Å². The van der Waals surface area contributed by atoms with Crippen molar-refractivity contribution < 1.29 is 46.8 Å². The molecule has 0 spiro atoms. The molecule has 0 saturated carbocycles. The SMILES string of the molecule is CC[SiH](CC)CC.O=S(=O)(OS(=O)(=O)C(F)(F)F)C(F)(F)F. The first-order valence-electron chi connectivity index (χ1n) is 5.89. The molecule has 14 heteroatoms. The van der Waals surface area contributed by atoms with Gasteiger partial charge in [-0.2, -0.15) is 43.2 Å². The molecule has 0 aliphatic rings. The van der Waals surface area contributed by atoms with Crippen LogP contribution in [0.1, 0.15) is 20.8 Å². The summed E-state index contributed by atoms with van der Waals surface area (Å²) in [5.74, 6) is 0. The maximum Gasteiger partial charge on any atom is 0.524 e. The highest BCUT2D eigenvalue weighted by Crippen LogP contribution is 2.32. The normalized spacial score (nSPS) is 13.7. The highest BCUT2D eigenvalue weighted by molar-refractivity contribution is 8.00. The van der Waals surface area contributed by atoms with Gasteiger partial charge in [0.15, 0.2) is 0 Å². The van der Waals surface area contributed by atoms with Gasteiger partial charge in [0.2, 0.25) is 0 Å². The fourth-order valence-electron chi connectivity index (χ4n) is 1.06. The van der Waals surface area contributed by atoms with Crippen molar-refractivity contribution in [2.24, 2.45) is 0 Å². The first-order chi connectivity index (χ1) is 9.55. The average molecular weight is 398 g/mol. The van der Waals surface area contributed by atoms with Crippen molar-refractivity contribution in [2.75, 3.05) is 0 Å². The zero-order valence-electron chi connectivity index (χ0n) is 11.8. The Hall–Kier alpha value is -0.343. The lowest BCUT2D eigenvalue weighted by atomic mass is 10.9. The van der Waals surface area contributed by atoms with Gasteiger partial charge in [-0.3, -0.25) is 0 Å². The first kappa shape index (κ1) is 23.9. The smallest absolute Gasteiger partial charge is 0.188 e. The van der Waals surface area contributed by atoms with Crippen LogP contribution in [0.15, 0.2) is 0 Å². The van der Waals surface area contributed by atoms with Crippen molar-refractivity contribution in [3.63, 3.8) is 0 Å². The largest absolute Gasteiger partial charge is 0.524 e. The number of hydrogen-bond acceptors (Lipinski definition) is 5. The lowest BCUT2D eigenvalue weighted by molar-refractivity contribution is -0.0585. The van der Waals surface area contributed by atoms with Crippen molar-refractivity contribution in [3.8, 4) is 0 Å². The van der Waals surface area contributed by atoms with E-state index < -0.39 is 31.3 Å². The molecule has 0 N–H and O–H groups in total. The van der Waals surface area contributed by atoms with Crippen molar-refractivity contribution in [1.82, 2.24) is 0 Å². The zero-order chi connectivity index (χ0) is 18.4. The molecule has 0 fully saturated rings. The Bertz CT molecular complexity index is 473. The van der Waals surface area contributed by atoms with Gasteiger partial charge in [0.05, 0.1) is 0 Å². The lowest BCUT2D eigenvalue weighted by Gasteiger charge is -2.09. The van der Waals surface area contributed by atoms with Gasteiger partial charge < -0.3 is 0 Å². The van der Waals surface area contributed by atoms with Crippen LogP contribution in [0.2, 0.25) is 18.1 Å². The maximum absolute atomic E-state index is 11.4. The third-order valence-corrected chi connectivity index (χ3v) is 8.51. The van der Waals surface area contributed by atoms with Crippen LogP contribution in [-0.2, 0) is 23.9 Å². The molecule has 0 aromatic heterocycles. The molecular formula is C8H16F6O5S2Si. The molecule has 5 nitrogen and oxygen atoms in total. The molecule has 136 valence electrons. The Morgan fingerprint density at radius 3 is 1.05 bits per heavy atom. The summed E-state index contributed by atoms with van der Waals surface area (Å²) >= 11 is 0. The quantitative estimate of drug-likeness (QED) is 0.404. The van der Waals surface area contributed by atoms with Gasteiger partial charge in [-0.15, -0.1) is 3.63 Å². The summed E-state index contributed by atoms with van der Waals surface area (Å²) in [6.45, 7) is 6.97. The van der Waals surface area contributed by atoms with Gasteiger partial charge in [-0.1, -0.05) is 38.9 Å². The van der Waals surface area contributed by atoms with Gasteiger partial charge in [0, 0.05) is 8.80 Å². The predicted molar refractivity (Wildman–Crippen MR) is 69.6 cm³/mol. The molecular weight excluding hydrogens is 382 g/mol. The monoisotopic (exact) mass is 398 g/mol. The second kappa shape index (κ2) is 8.49. The highest BCUT2D eigenvalue weighted by atomic mass is 32.3. The molecule has 0 rings (SSSR count). The van der Waals surface area contributed by atoms with Crippen LogP contribution in [0, 0.1) is 0 Å². The van der Waals surface area contributed by atoms with Crippen molar-refractivity contribution >= 4 is 29.0 Å². The number of alkyl halides is 6. The topological polar surface area (TPSA) is 77.5 Å². The summed E-state index contributed by atoms with van der Waals surface area (Å²) in [6.07, 6.45) is 0. The van der Waals surface area contributed by atoms with Crippen LogP contribution in [0.5, 0.6) is 0 Å². The third kappa shape index (κ3) is 7.78. The fourth-order valence-corrected chi connectivity index (χ4v) is 4.35. The Labute approximate surface area is 126 Å². The standard InChI is InChI=1S/C6H16Si.C2F6O5S2/c1-4-7(5-2)6-3;3-1(4,5)14(9,10)13-15(11,12)2(6,7)8/h7H,4-6H2,1-3H3;. The Balaban J connectivity index is 0. The molecule has 0 saturated heterocycles. The molecule has 0 atom stereocenters. The molecule has 0 bridgehead atoms. The van der Waals surface area contributed by atoms with E-state index in [4.69, 9.17) is 0 Å². The molecule has 0 heterocycles. The average Bonchev–Trinajstić information content (AvgIpc) is 2.27. The third-order valence-electron chi connectivity index (χ3n) is 2.48. The van der Waals surface area contributed by atoms with Crippen molar-refractivity contribution in [2.45, 2.75) is 49.9 Å². The van der Waals surface area contributed by atoms with Crippen LogP contribution in [0.4, 0.5) is 26.3 Å². The highest BCUT2D eigenvalue weighted by Gasteiger charge is 2.57. The van der Waals surface area contributed by atoms with E-state index in [1.807, 2.05) is 3.63 Å². The predicted octanol–water partition coefficient (Wildman–Crippen LogP) is 2.98. The van der Waals surface area contributed by atoms with Gasteiger partial charge in [-0.25, -0.2) is 0 Å². The van der Waals surface area contributed by atoms with E-state index in [9.17, 15) is 43.2 Å². The zero-order valence-corrected chi connectivity index (χ0v) is 14.6. The van der Waals surface area contributed by atoms with E-state index in [1.54, 1.807) is 0 Å². The minimum Gasteiger partial charge on any atom is -0.188 e. The van der Waals surface area contributed by atoms with Crippen LogP contribution in [-0.4, -0.2) is 36.6 Å². The number of rotatable bonds is 5. The molecule has 0 aromatic rings. The second-order valence-electron chi connectivity index (χ2n) is 3.96. The summed E-state index contributed by atoms with van der Waals surface area (Å²) < 4.78 is 110. The fraction of sp³-hybridized carbons (Fsp3) is 1.00. The minimum absolute atomic E-state index is 0.171. The van der Waals surface area contributed by atoms with E-state index in [2.05, 4.69) is 20.8 Å². The molecule has 0 radical (unpaired) electrons. The van der Waals surface area contributed by atoms with Crippen LogP contribution in [0.3, 0.4) is 0 Å². The van der Waals surface area contributed by atoms with E-state index in [0.717, 1.165) is 0 Å². The minimum atomic E-state index is -6.85. The molecule has 22 heavy (non-hydrogen) atoms. The first-order valence-corrected chi connectivity index (χ1v) is 11.2. The summed E-state index contributed by atoms with van der Waals surface area (Å²) in [5.41, 5.74) is -12.5. The summed E-state index contributed by atoms with van der Waals surface area (Å²) in [5, 5.41) is 0. The molecule has 0 unspecified atom stereocenters. The maximum atomic E-state index is 11.4. The molecule has 0 amide bonds. The van der Waals surface area contributed by atoms with Crippen LogP contribution < -0.4 is 0 Å². The van der Waals surface area contributed by atoms with E-state index in [-0.39, 0.29) is 8.80 Å². The number of halogens is 6.